The van der Waals surface area contributed by atoms with Crippen molar-refractivity contribution in [2.24, 2.45) is 0 Å². The first-order valence-corrected chi connectivity index (χ1v) is 4.55. The summed E-state index contributed by atoms with van der Waals surface area (Å²) in [6, 6.07) is 5.75. The van der Waals surface area contributed by atoms with Gasteiger partial charge >= 0.3 is 0 Å². The van der Waals surface area contributed by atoms with E-state index in [9.17, 15) is 4.79 Å². The zero-order chi connectivity index (χ0) is 10.7. The molecular formula is C11H16N2O. The lowest BCUT2D eigenvalue weighted by Gasteiger charge is -2.12. The zero-order valence-corrected chi connectivity index (χ0v) is 9.09. The van der Waals surface area contributed by atoms with Gasteiger partial charge in [-0.3, -0.25) is 4.79 Å². The molecule has 0 saturated heterocycles. The highest BCUT2D eigenvalue weighted by Gasteiger charge is 2.08. The van der Waals surface area contributed by atoms with E-state index in [1.165, 1.54) is 0 Å². The van der Waals surface area contributed by atoms with Crippen molar-refractivity contribution in [3.63, 3.8) is 0 Å². The maximum absolute atomic E-state index is 11.7. The van der Waals surface area contributed by atoms with Crippen LogP contribution in [0, 0.1) is 6.92 Å². The Balaban J connectivity index is 3.09. The summed E-state index contributed by atoms with van der Waals surface area (Å²) in [5.74, 6) is 0.0326. The van der Waals surface area contributed by atoms with Crippen molar-refractivity contribution in [3.8, 4) is 0 Å². The number of carbonyl (C=O) groups excluding carboxylic acids is 1. The molecule has 0 aromatic heterocycles. The van der Waals surface area contributed by atoms with Crippen molar-refractivity contribution >= 4 is 11.6 Å². The van der Waals surface area contributed by atoms with E-state index in [1.807, 2.05) is 32.2 Å². The van der Waals surface area contributed by atoms with Gasteiger partial charge in [0.15, 0.2) is 0 Å². The van der Waals surface area contributed by atoms with Gasteiger partial charge in [-0.2, -0.15) is 0 Å². The number of amides is 1. The van der Waals surface area contributed by atoms with E-state index >= 15 is 0 Å². The van der Waals surface area contributed by atoms with E-state index in [0.717, 1.165) is 16.8 Å². The minimum absolute atomic E-state index is 0.0326. The minimum Gasteiger partial charge on any atom is -0.388 e. The molecule has 1 aromatic rings. The van der Waals surface area contributed by atoms with Gasteiger partial charge in [0.2, 0.25) is 0 Å². The van der Waals surface area contributed by atoms with Gasteiger partial charge in [0.05, 0.1) is 0 Å². The summed E-state index contributed by atoms with van der Waals surface area (Å²) in [6.45, 7) is 1.98. The molecule has 0 bridgehead atoms. The van der Waals surface area contributed by atoms with Gasteiger partial charge in [0, 0.05) is 32.4 Å². The monoisotopic (exact) mass is 192 g/mol. The number of hydrogen-bond donors (Lipinski definition) is 1. The van der Waals surface area contributed by atoms with Gasteiger partial charge in [0.25, 0.3) is 5.91 Å². The van der Waals surface area contributed by atoms with Crippen LogP contribution in [0.2, 0.25) is 0 Å². The Morgan fingerprint density at radius 3 is 2.43 bits per heavy atom. The number of carbonyl (C=O) groups is 1. The van der Waals surface area contributed by atoms with Gasteiger partial charge in [-0.05, 0) is 30.7 Å². The fraction of sp³-hybridized carbons (Fsp3) is 0.364. The van der Waals surface area contributed by atoms with E-state index in [2.05, 4.69) is 5.32 Å². The summed E-state index contributed by atoms with van der Waals surface area (Å²) in [5.41, 5.74) is 2.77. The zero-order valence-electron chi connectivity index (χ0n) is 9.09. The summed E-state index contributed by atoms with van der Waals surface area (Å²) in [7, 11) is 5.35. The summed E-state index contributed by atoms with van der Waals surface area (Å²) in [6.07, 6.45) is 0. The van der Waals surface area contributed by atoms with Crippen LogP contribution in [-0.2, 0) is 0 Å². The van der Waals surface area contributed by atoms with Crippen LogP contribution in [0.3, 0.4) is 0 Å². The van der Waals surface area contributed by atoms with Crippen LogP contribution >= 0.6 is 0 Å². The number of anilines is 1. The summed E-state index contributed by atoms with van der Waals surface area (Å²) >= 11 is 0. The molecule has 1 aromatic carbocycles. The van der Waals surface area contributed by atoms with E-state index in [1.54, 1.807) is 19.0 Å². The van der Waals surface area contributed by atoms with Crippen LogP contribution in [0.4, 0.5) is 5.69 Å². The molecule has 1 amide bonds. The molecule has 0 radical (unpaired) electrons. The molecule has 0 aliphatic carbocycles. The molecule has 0 unspecified atom stereocenters. The van der Waals surface area contributed by atoms with E-state index in [0.29, 0.717) is 0 Å². The normalized spacial score (nSPS) is 9.71. The fourth-order valence-corrected chi connectivity index (χ4v) is 1.31. The number of benzene rings is 1. The average molecular weight is 192 g/mol. The standard InChI is InChI=1S/C11H16N2O/c1-8-5-9(11(14)13(3)4)7-10(6-8)12-2/h5-7,12H,1-4H3. The van der Waals surface area contributed by atoms with Crippen LogP contribution in [-0.4, -0.2) is 32.0 Å². The number of nitrogens with one attached hydrogen (secondary N) is 1. The number of hydrogen-bond acceptors (Lipinski definition) is 2. The van der Waals surface area contributed by atoms with Crippen molar-refractivity contribution in [3.05, 3.63) is 29.3 Å². The highest BCUT2D eigenvalue weighted by Crippen LogP contribution is 2.14. The SMILES string of the molecule is CNc1cc(C)cc(C(=O)N(C)C)c1. The Kier molecular flexibility index (Phi) is 3.12. The van der Waals surface area contributed by atoms with Gasteiger partial charge in [-0.25, -0.2) is 0 Å². The second-order valence-corrected chi connectivity index (χ2v) is 3.54. The lowest BCUT2D eigenvalue weighted by molar-refractivity contribution is 0.0827. The van der Waals surface area contributed by atoms with Crippen molar-refractivity contribution in [2.45, 2.75) is 6.92 Å². The predicted octanol–water partition coefficient (Wildman–Crippen LogP) is 1.74. The summed E-state index contributed by atoms with van der Waals surface area (Å²) in [4.78, 5) is 13.2. The van der Waals surface area contributed by atoms with E-state index in [4.69, 9.17) is 0 Å². The number of nitrogens with zero attached hydrogens (tertiary/aromatic N) is 1. The molecule has 3 nitrogen and oxygen atoms in total. The quantitative estimate of drug-likeness (QED) is 0.774. The fourth-order valence-electron chi connectivity index (χ4n) is 1.31. The molecule has 0 atom stereocenters. The van der Waals surface area contributed by atoms with Gasteiger partial charge < -0.3 is 10.2 Å². The van der Waals surface area contributed by atoms with Gasteiger partial charge in [-0.15, -0.1) is 0 Å². The van der Waals surface area contributed by atoms with Crippen LogP contribution in [0.5, 0.6) is 0 Å². The molecule has 3 heteroatoms. The third kappa shape index (κ3) is 2.25. The molecule has 14 heavy (non-hydrogen) atoms. The second kappa shape index (κ2) is 4.13. The number of aryl methyl sites for hydroxylation is 1. The Labute approximate surface area is 84.7 Å². The van der Waals surface area contributed by atoms with Crippen LogP contribution in [0.15, 0.2) is 18.2 Å². The third-order valence-electron chi connectivity index (χ3n) is 2.02. The molecule has 76 valence electrons. The highest BCUT2D eigenvalue weighted by molar-refractivity contribution is 5.95. The highest BCUT2D eigenvalue weighted by atomic mass is 16.2. The smallest absolute Gasteiger partial charge is 0.253 e. The molecule has 0 heterocycles. The topological polar surface area (TPSA) is 32.3 Å². The first-order valence-electron chi connectivity index (χ1n) is 4.55. The Morgan fingerprint density at radius 1 is 1.29 bits per heavy atom. The van der Waals surface area contributed by atoms with Crippen molar-refractivity contribution in [2.75, 3.05) is 26.5 Å². The molecule has 0 saturated carbocycles. The van der Waals surface area contributed by atoms with E-state index in [-0.39, 0.29) is 5.91 Å². The van der Waals surface area contributed by atoms with Gasteiger partial charge in [-0.1, -0.05) is 0 Å². The maximum Gasteiger partial charge on any atom is 0.253 e. The minimum atomic E-state index is 0.0326. The van der Waals surface area contributed by atoms with Crippen LogP contribution in [0.1, 0.15) is 15.9 Å². The van der Waals surface area contributed by atoms with Crippen molar-refractivity contribution in [1.82, 2.24) is 4.90 Å². The first-order chi connectivity index (χ1) is 6.54. The van der Waals surface area contributed by atoms with Crippen molar-refractivity contribution < 1.29 is 4.79 Å². The molecule has 0 aliphatic heterocycles. The third-order valence-corrected chi connectivity index (χ3v) is 2.02. The lowest BCUT2D eigenvalue weighted by atomic mass is 10.1. The Hall–Kier alpha value is -1.51. The van der Waals surface area contributed by atoms with Crippen LogP contribution in [0.25, 0.3) is 0 Å². The summed E-state index contributed by atoms with van der Waals surface area (Å²) < 4.78 is 0. The molecular weight excluding hydrogens is 176 g/mol. The number of rotatable bonds is 2. The molecule has 1 N–H and O–H groups in total. The second-order valence-electron chi connectivity index (χ2n) is 3.54. The van der Waals surface area contributed by atoms with Crippen LogP contribution < -0.4 is 5.32 Å². The first kappa shape index (κ1) is 10.6. The molecule has 0 fully saturated rings. The molecule has 0 aliphatic rings. The lowest BCUT2D eigenvalue weighted by Crippen LogP contribution is -2.21. The van der Waals surface area contributed by atoms with E-state index < -0.39 is 0 Å². The molecule has 0 spiro atoms. The van der Waals surface area contributed by atoms with Crippen molar-refractivity contribution in [1.29, 1.82) is 0 Å². The summed E-state index contributed by atoms with van der Waals surface area (Å²) in [5, 5.41) is 3.03. The average Bonchev–Trinajstić information content (AvgIpc) is 2.15. The Morgan fingerprint density at radius 2 is 1.93 bits per heavy atom. The largest absolute Gasteiger partial charge is 0.388 e. The molecule has 1 rings (SSSR count). The maximum atomic E-state index is 11.7. The predicted molar refractivity (Wildman–Crippen MR) is 58.7 cm³/mol. The Bertz CT molecular complexity index is 345. The van der Waals surface area contributed by atoms with Gasteiger partial charge in [0.1, 0.15) is 0 Å².